The number of hydrogen-bond donors (Lipinski definition) is 1. The Morgan fingerprint density at radius 2 is 2.06 bits per heavy atom. The molecule has 0 aliphatic carbocycles. The first-order valence-corrected chi connectivity index (χ1v) is 5.36. The van der Waals surface area contributed by atoms with E-state index in [1.165, 1.54) is 11.0 Å². The summed E-state index contributed by atoms with van der Waals surface area (Å²) in [5.74, 6) is -2.16. The van der Waals surface area contributed by atoms with Crippen LogP contribution in [0.1, 0.15) is 17.3 Å². The third-order valence-electron chi connectivity index (χ3n) is 2.50. The maximum Gasteiger partial charge on any atom is 0.253 e. The number of rotatable bonds is 4. The molecule has 94 valence electrons. The molecule has 0 fully saturated rings. The van der Waals surface area contributed by atoms with Crippen LogP contribution in [0.25, 0.3) is 0 Å². The lowest BCUT2D eigenvalue weighted by Crippen LogP contribution is -2.33. The van der Waals surface area contributed by atoms with Crippen LogP contribution in [0.15, 0.2) is 18.2 Å². The van der Waals surface area contributed by atoms with Gasteiger partial charge in [0.25, 0.3) is 5.91 Å². The summed E-state index contributed by atoms with van der Waals surface area (Å²) in [6.07, 6.45) is 0. The minimum absolute atomic E-state index is 0.135. The number of hydrogen-bond acceptors (Lipinski definition) is 2. The molecule has 1 aromatic carbocycles. The fourth-order valence-corrected chi connectivity index (χ4v) is 1.47. The van der Waals surface area contributed by atoms with Gasteiger partial charge in [-0.15, -0.1) is 0 Å². The highest BCUT2D eigenvalue weighted by Crippen LogP contribution is 2.11. The van der Waals surface area contributed by atoms with Gasteiger partial charge in [0.1, 0.15) is 0 Å². The van der Waals surface area contributed by atoms with Gasteiger partial charge in [-0.05, 0) is 30.7 Å². The molecule has 3 nitrogen and oxygen atoms in total. The number of carbonyl (C=O) groups is 1. The zero-order valence-corrected chi connectivity index (χ0v) is 9.91. The van der Waals surface area contributed by atoms with Crippen LogP contribution in [0.2, 0.25) is 0 Å². The fraction of sp³-hybridized carbons (Fsp3) is 0.417. The second-order valence-electron chi connectivity index (χ2n) is 4.16. The molecule has 1 aromatic rings. The molecular weight excluding hydrogens is 226 g/mol. The van der Waals surface area contributed by atoms with Crippen molar-refractivity contribution in [1.29, 1.82) is 0 Å². The number of benzene rings is 1. The highest BCUT2D eigenvalue weighted by atomic mass is 19.2. The van der Waals surface area contributed by atoms with E-state index in [-0.39, 0.29) is 17.4 Å². The lowest BCUT2D eigenvalue weighted by atomic mass is 10.1. The molecule has 2 N–H and O–H groups in total. The van der Waals surface area contributed by atoms with Crippen LogP contribution < -0.4 is 5.73 Å². The molecule has 1 rings (SSSR count). The van der Waals surface area contributed by atoms with Gasteiger partial charge in [-0.1, -0.05) is 6.92 Å². The molecule has 1 unspecified atom stereocenters. The van der Waals surface area contributed by atoms with E-state index >= 15 is 0 Å². The van der Waals surface area contributed by atoms with Crippen LogP contribution in [0.5, 0.6) is 0 Å². The average Bonchev–Trinajstić information content (AvgIpc) is 2.31. The van der Waals surface area contributed by atoms with Crippen molar-refractivity contribution in [2.45, 2.75) is 6.92 Å². The fourth-order valence-electron chi connectivity index (χ4n) is 1.47. The van der Waals surface area contributed by atoms with Crippen molar-refractivity contribution in [3.63, 3.8) is 0 Å². The molecule has 1 amide bonds. The highest BCUT2D eigenvalue weighted by molar-refractivity contribution is 5.94. The lowest BCUT2D eigenvalue weighted by molar-refractivity contribution is 0.0777. The second-order valence-corrected chi connectivity index (χ2v) is 4.16. The first-order chi connectivity index (χ1) is 7.95. The Balaban J connectivity index is 2.78. The zero-order chi connectivity index (χ0) is 13.0. The number of halogens is 2. The van der Waals surface area contributed by atoms with Crippen LogP contribution in [0.3, 0.4) is 0 Å². The van der Waals surface area contributed by atoms with Gasteiger partial charge in [-0.2, -0.15) is 0 Å². The normalized spacial score (nSPS) is 12.3. The lowest BCUT2D eigenvalue weighted by Gasteiger charge is -2.20. The van der Waals surface area contributed by atoms with E-state index in [0.717, 1.165) is 12.1 Å². The third kappa shape index (κ3) is 3.49. The molecule has 17 heavy (non-hydrogen) atoms. The van der Waals surface area contributed by atoms with Crippen LogP contribution in [0, 0.1) is 17.6 Å². The van der Waals surface area contributed by atoms with Gasteiger partial charge < -0.3 is 10.6 Å². The Bertz CT molecular complexity index is 409. The van der Waals surface area contributed by atoms with Gasteiger partial charge >= 0.3 is 0 Å². The largest absolute Gasteiger partial charge is 0.341 e. The van der Waals surface area contributed by atoms with E-state index in [1.54, 1.807) is 7.05 Å². The molecular formula is C12H16F2N2O. The van der Waals surface area contributed by atoms with Crippen molar-refractivity contribution in [3.05, 3.63) is 35.4 Å². The Labute approximate surface area is 99.2 Å². The summed E-state index contributed by atoms with van der Waals surface area (Å²) in [5, 5.41) is 0. The first kappa shape index (κ1) is 13.6. The molecule has 0 spiro atoms. The number of nitrogens with two attached hydrogens (primary N) is 1. The van der Waals surface area contributed by atoms with Crippen molar-refractivity contribution in [3.8, 4) is 0 Å². The molecule has 0 aromatic heterocycles. The van der Waals surface area contributed by atoms with Gasteiger partial charge in [0.05, 0.1) is 0 Å². The minimum Gasteiger partial charge on any atom is -0.341 e. The molecule has 0 saturated heterocycles. The monoisotopic (exact) mass is 242 g/mol. The summed E-state index contributed by atoms with van der Waals surface area (Å²) in [6, 6.07) is 3.12. The highest BCUT2D eigenvalue weighted by Gasteiger charge is 2.15. The molecule has 0 saturated carbocycles. The van der Waals surface area contributed by atoms with Crippen molar-refractivity contribution < 1.29 is 13.6 Å². The number of carbonyl (C=O) groups excluding carboxylic acids is 1. The van der Waals surface area contributed by atoms with Gasteiger partial charge in [0, 0.05) is 19.2 Å². The SMILES string of the molecule is CC(CN)CN(C)C(=O)c1ccc(F)c(F)c1. The van der Waals surface area contributed by atoms with E-state index in [0.29, 0.717) is 13.1 Å². The van der Waals surface area contributed by atoms with Crippen LogP contribution in [-0.2, 0) is 0 Å². The third-order valence-corrected chi connectivity index (χ3v) is 2.50. The van der Waals surface area contributed by atoms with Crippen LogP contribution in [0.4, 0.5) is 8.78 Å². The Hall–Kier alpha value is -1.49. The zero-order valence-electron chi connectivity index (χ0n) is 9.91. The quantitative estimate of drug-likeness (QED) is 0.872. The van der Waals surface area contributed by atoms with E-state index in [2.05, 4.69) is 0 Å². The van der Waals surface area contributed by atoms with Gasteiger partial charge in [-0.3, -0.25) is 4.79 Å². The summed E-state index contributed by atoms with van der Waals surface area (Å²) >= 11 is 0. The second kappa shape index (κ2) is 5.72. The van der Waals surface area contributed by atoms with Gasteiger partial charge in [0.2, 0.25) is 0 Å². The van der Waals surface area contributed by atoms with Gasteiger partial charge in [0.15, 0.2) is 11.6 Å². The summed E-state index contributed by atoms with van der Waals surface area (Å²) in [7, 11) is 1.61. The smallest absolute Gasteiger partial charge is 0.253 e. The standard InChI is InChI=1S/C12H16F2N2O/c1-8(6-15)7-16(2)12(17)9-3-4-10(13)11(14)5-9/h3-5,8H,6-7,15H2,1-2H3. The maximum atomic E-state index is 13.0. The van der Waals surface area contributed by atoms with Crippen molar-refractivity contribution in [2.75, 3.05) is 20.1 Å². The average molecular weight is 242 g/mol. The molecule has 5 heteroatoms. The number of nitrogens with zero attached hydrogens (tertiary/aromatic N) is 1. The van der Waals surface area contributed by atoms with Crippen LogP contribution in [-0.4, -0.2) is 30.9 Å². The molecule has 0 radical (unpaired) electrons. The van der Waals surface area contributed by atoms with E-state index in [9.17, 15) is 13.6 Å². The summed E-state index contributed by atoms with van der Waals surface area (Å²) in [5.41, 5.74) is 5.59. The predicted molar refractivity (Wildman–Crippen MR) is 61.5 cm³/mol. The van der Waals surface area contributed by atoms with Crippen molar-refractivity contribution >= 4 is 5.91 Å². The number of amides is 1. The molecule has 0 aliphatic rings. The van der Waals surface area contributed by atoms with Crippen molar-refractivity contribution in [2.24, 2.45) is 11.7 Å². The van der Waals surface area contributed by atoms with E-state index in [4.69, 9.17) is 5.73 Å². The first-order valence-electron chi connectivity index (χ1n) is 5.36. The predicted octanol–water partition coefficient (Wildman–Crippen LogP) is 1.63. The van der Waals surface area contributed by atoms with E-state index in [1.807, 2.05) is 6.92 Å². The Morgan fingerprint density at radius 3 is 2.59 bits per heavy atom. The van der Waals surface area contributed by atoms with E-state index < -0.39 is 11.6 Å². The maximum absolute atomic E-state index is 13.0. The molecule has 1 atom stereocenters. The summed E-state index contributed by atoms with van der Waals surface area (Å²) < 4.78 is 25.7. The van der Waals surface area contributed by atoms with Crippen molar-refractivity contribution in [1.82, 2.24) is 4.90 Å². The summed E-state index contributed by atoms with van der Waals surface area (Å²) in [4.78, 5) is 13.3. The van der Waals surface area contributed by atoms with Gasteiger partial charge in [-0.25, -0.2) is 8.78 Å². The van der Waals surface area contributed by atoms with Crippen LogP contribution >= 0.6 is 0 Å². The minimum atomic E-state index is -1.02. The topological polar surface area (TPSA) is 46.3 Å². The summed E-state index contributed by atoms with van der Waals surface area (Å²) in [6.45, 7) is 2.86. The molecule has 0 heterocycles. The molecule has 0 bridgehead atoms. The Morgan fingerprint density at radius 1 is 1.41 bits per heavy atom. The Kier molecular flexibility index (Phi) is 4.57. The molecule has 0 aliphatic heterocycles.